The van der Waals surface area contributed by atoms with E-state index in [-0.39, 0.29) is 6.10 Å². The quantitative estimate of drug-likeness (QED) is 0.667. The highest BCUT2D eigenvalue weighted by Crippen LogP contribution is 2.46. The Morgan fingerprint density at radius 2 is 2.07 bits per heavy atom. The van der Waals surface area contributed by atoms with E-state index in [1.54, 1.807) is 0 Å². The van der Waals surface area contributed by atoms with Gasteiger partial charge in [0, 0.05) is 5.92 Å². The standard InChI is InChI=1S/C12H14O2/c1-9(14-8-13)6-7-12-10-4-2-3-5-11(10)12/h2-5,8-9,12H,6-7H2,1H3. The second-order valence-electron chi connectivity index (χ2n) is 3.80. The monoisotopic (exact) mass is 190 g/mol. The summed E-state index contributed by atoms with van der Waals surface area (Å²) in [7, 11) is 0. The first-order valence-electron chi connectivity index (χ1n) is 5.01. The van der Waals surface area contributed by atoms with Gasteiger partial charge in [0.2, 0.25) is 0 Å². The summed E-state index contributed by atoms with van der Waals surface area (Å²) in [6.45, 7) is 2.46. The number of carbonyl (C=O) groups excluding carboxylic acids is 1. The highest BCUT2D eigenvalue weighted by Gasteiger charge is 2.31. The molecule has 0 aliphatic heterocycles. The summed E-state index contributed by atoms with van der Waals surface area (Å²) in [4.78, 5) is 10.1. The van der Waals surface area contributed by atoms with Gasteiger partial charge in [-0.15, -0.1) is 0 Å². The normalized spacial score (nSPS) is 15.8. The average Bonchev–Trinajstić information content (AvgIpc) is 2.89. The van der Waals surface area contributed by atoms with Crippen LogP contribution in [0.4, 0.5) is 0 Å². The number of ether oxygens (including phenoxy) is 1. The van der Waals surface area contributed by atoms with Crippen molar-refractivity contribution in [2.45, 2.75) is 31.8 Å². The lowest BCUT2D eigenvalue weighted by molar-refractivity contribution is -0.133. The first-order chi connectivity index (χ1) is 6.83. The first-order valence-corrected chi connectivity index (χ1v) is 5.01. The van der Waals surface area contributed by atoms with Crippen LogP contribution in [0.5, 0.6) is 0 Å². The third-order valence-corrected chi connectivity index (χ3v) is 2.81. The largest absolute Gasteiger partial charge is 0.465 e. The van der Waals surface area contributed by atoms with Crippen LogP contribution in [-0.2, 0) is 9.53 Å². The van der Waals surface area contributed by atoms with E-state index in [0.717, 1.165) is 12.8 Å². The van der Waals surface area contributed by atoms with Gasteiger partial charge in [0.25, 0.3) is 6.47 Å². The summed E-state index contributed by atoms with van der Waals surface area (Å²) in [5.41, 5.74) is 2.93. The number of rotatable bonds is 5. The van der Waals surface area contributed by atoms with Crippen LogP contribution >= 0.6 is 0 Å². The highest BCUT2D eigenvalue weighted by atomic mass is 16.5. The van der Waals surface area contributed by atoms with Gasteiger partial charge < -0.3 is 4.74 Å². The maximum absolute atomic E-state index is 10.1. The molecule has 0 saturated carbocycles. The molecule has 0 aromatic heterocycles. The zero-order valence-corrected chi connectivity index (χ0v) is 8.27. The zero-order valence-electron chi connectivity index (χ0n) is 8.27. The average molecular weight is 190 g/mol. The molecule has 1 aliphatic rings. The molecule has 2 heteroatoms. The molecule has 0 bridgehead atoms. The number of fused-ring (bicyclic) bond motifs is 1. The van der Waals surface area contributed by atoms with E-state index < -0.39 is 0 Å². The Kier molecular flexibility index (Phi) is 2.53. The molecule has 1 atom stereocenters. The summed E-state index contributed by atoms with van der Waals surface area (Å²) in [5, 5.41) is 0. The van der Waals surface area contributed by atoms with Crippen LogP contribution in [0, 0.1) is 0 Å². The van der Waals surface area contributed by atoms with Crippen LogP contribution in [0.25, 0.3) is 0 Å². The third-order valence-electron chi connectivity index (χ3n) is 2.81. The first kappa shape index (κ1) is 9.25. The number of hydrogen-bond donors (Lipinski definition) is 0. The molecule has 0 radical (unpaired) electrons. The van der Waals surface area contributed by atoms with E-state index in [1.807, 2.05) is 6.92 Å². The predicted molar refractivity (Wildman–Crippen MR) is 54.1 cm³/mol. The summed E-state index contributed by atoms with van der Waals surface area (Å²) < 4.78 is 4.84. The van der Waals surface area contributed by atoms with Gasteiger partial charge in [-0.25, -0.2) is 0 Å². The smallest absolute Gasteiger partial charge is 0.293 e. The van der Waals surface area contributed by atoms with Crippen molar-refractivity contribution in [2.24, 2.45) is 0 Å². The second kappa shape index (κ2) is 3.82. The van der Waals surface area contributed by atoms with Crippen molar-refractivity contribution >= 4 is 6.47 Å². The molecule has 1 aliphatic carbocycles. The van der Waals surface area contributed by atoms with Crippen molar-refractivity contribution in [3.63, 3.8) is 0 Å². The lowest BCUT2D eigenvalue weighted by Gasteiger charge is -2.07. The van der Waals surface area contributed by atoms with Gasteiger partial charge in [-0.1, -0.05) is 24.3 Å². The molecular formula is C12H14O2. The van der Waals surface area contributed by atoms with Crippen LogP contribution in [0.15, 0.2) is 24.3 Å². The fourth-order valence-electron chi connectivity index (χ4n) is 1.93. The van der Waals surface area contributed by atoms with Gasteiger partial charge >= 0.3 is 0 Å². The Morgan fingerprint density at radius 3 is 2.64 bits per heavy atom. The maximum atomic E-state index is 10.1. The number of benzene rings is 1. The molecule has 1 unspecified atom stereocenters. The van der Waals surface area contributed by atoms with Crippen molar-refractivity contribution < 1.29 is 9.53 Å². The van der Waals surface area contributed by atoms with Gasteiger partial charge in [-0.2, -0.15) is 0 Å². The minimum Gasteiger partial charge on any atom is -0.465 e. The summed E-state index contributed by atoms with van der Waals surface area (Å²) >= 11 is 0. The van der Waals surface area contributed by atoms with Crippen LogP contribution in [0.2, 0.25) is 0 Å². The van der Waals surface area contributed by atoms with E-state index in [1.165, 1.54) is 11.1 Å². The highest BCUT2D eigenvalue weighted by molar-refractivity contribution is 5.52. The van der Waals surface area contributed by atoms with Gasteiger partial charge in [0.1, 0.15) is 0 Å². The van der Waals surface area contributed by atoms with E-state index in [9.17, 15) is 4.79 Å². The summed E-state index contributed by atoms with van der Waals surface area (Å²) in [5.74, 6) is 0.628. The molecule has 2 nitrogen and oxygen atoms in total. The van der Waals surface area contributed by atoms with Gasteiger partial charge in [0.05, 0.1) is 6.10 Å². The van der Waals surface area contributed by atoms with Crippen molar-refractivity contribution in [3.05, 3.63) is 35.4 Å². The lowest BCUT2D eigenvalue weighted by Crippen LogP contribution is -2.06. The van der Waals surface area contributed by atoms with Gasteiger partial charge in [-0.05, 0) is 30.9 Å². The molecular weight excluding hydrogens is 176 g/mol. The molecule has 74 valence electrons. The molecule has 0 fully saturated rings. The van der Waals surface area contributed by atoms with E-state index in [2.05, 4.69) is 24.3 Å². The molecule has 0 heterocycles. The molecule has 0 amide bonds. The second-order valence-corrected chi connectivity index (χ2v) is 3.80. The molecule has 0 spiro atoms. The third kappa shape index (κ3) is 1.79. The molecule has 0 N–H and O–H groups in total. The Balaban J connectivity index is 1.78. The van der Waals surface area contributed by atoms with Crippen LogP contribution < -0.4 is 0 Å². The Hall–Kier alpha value is -1.31. The Bertz CT molecular complexity index is 310. The van der Waals surface area contributed by atoms with E-state index in [4.69, 9.17) is 4.74 Å². The fraction of sp³-hybridized carbons (Fsp3) is 0.417. The van der Waals surface area contributed by atoms with Crippen LogP contribution in [0.3, 0.4) is 0 Å². The van der Waals surface area contributed by atoms with Crippen molar-refractivity contribution in [2.75, 3.05) is 0 Å². The van der Waals surface area contributed by atoms with Crippen molar-refractivity contribution in [1.82, 2.24) is 0 Å². The SMILES string of the molecule is CC(CCC1c2ccccc21)OC=O. The number of hydrogen-bond acceptors (Lipinski definition) is 2. The topological polar surface area (TPSA) is 26.3 Å². The van der Waals surface area contributed by atoms with E-state index >= 15 is 0 Å². The summed E-state index contributed by atoms with van der Waals surface area (Å²) in [6.07, 6.45) is 2.08. The molecule has 2 rings (SSSR count). The molecule has 14 heavy (non-hydrogen) atoms. The van der Waals surface area contributed by atoms with Crippen molar-refractivity contribution in [1.29, 1.82) is 0 Å². The minimum atomic E-state index is 0.0457. The van der Waals surface area contributed by atoms with Crippen LogP contribution in [-0.4, -0.2) is 12.6 Å². The lowest BCUT2D eigenvalue weighted by atomic mass is 10.1. The van der Waals surface area contributed by atoms with E-state index in [0.29, 0.717) is 12.4 Å². The fourth-order valence-corrected chi connectivity index (χ4v) is 1.93. The molecule has 0 saturated heterocycles. The summed E-state index contributed by atoms with van der Waals surface area (Å²) in [6, 6.07) is 8.49. The van der Waals surface area contributed by atoms with Gasteiger partial charge in [-0.3, -0.25) is 4.79 Å². The Labute approximate surface area is 83.9 Å². The Morgan fingerprint density at radius 1 is 1.43 bits per heavy atom. The molecule has 1 aromatic rings. The minimum absolute atomic E-state index is 0.0457. The molecule has 1 aromatic carbocycles. The van der Waals surface area contributed by atoms with Gasteiger partial charge in [0.15, 0.2) is 0 Å². The van der Waals surface area contributed by atoms with Crippen molar-refractivity contribution in [3.8, 4) is 0 Å². The maximum Gasteiger partial charge on any atom is 0.293 e. The predicted octanol–water partition coefficient (Wildman–Crippen LogP) is 2.47. The van der Waals surface area contributed by atoms with Crippen LogP contribution in [0.1, 0.15) is 36.8 Å². The zero-order chi connectivity index (χ0) is 9.97. The number of carbonyl (C=O) groups is 1.